The molecule has 0 aliphatic carbocycles. The van der Waals surface area contributed by atoms with Gasteiger partial charge in [-0.1, -0.05) is 25.1 Å². The maximum absolute atomic E-state index is 11.9. The van der Waals surface area contributed by atoms with Crippen LogP contribution in [-0.2, 0) is 9.53 Å². The van der Waals surface area contributed by atoms with Crippen LogP contribution in [0.4, 0.5) is 0 Å². The number of thioether (sulfide) groups is 1. The third-order valence-corrected chi connectivity index (χ3v) is 4.07. The second-order valence-corrected chi connectivity index (χ2v) is 5.93. The molecule has 7 heteroatoms. The van der Waals surface area contributed by atoms with Gasteiger partial charge >= 0.3 is 5.97 Å². The number of nitrogens with zero attached hydrogens (tertiary/aromatic N) is 2. The highest BCUT2D eigenvalue weighted by atomic mass is 32.2. The molecule has 0 amide bonds. The molecule has 0 radical (unpaired) electrons. The number of methoxy groups -OCH3 is 1. The fraction of sp³-hybridized carbons (Fsp3) is 0.769. The van der Waals surface area contributed by atoms with Crippen LogP contribution < -0.4 is 5.32 Å². The summed E-state index contributed by atoms with van der Waals surface area (Å²) in [5.41, 5.74) is -0.582. The van der Waals surface area contributed by atoms with E-state index in [4.69, 9.17) is 4.74 Å². The number of carbonyl (C=O) groups is 1. The largest absolute Gasteiger partial charge is 0.468 e. The van der Waals surface area contributed by atoms with Crippen molar-refractivity contribution in [2.24, 2.45) is 0 Å². The predicted molar refractivity (Wildman–Crippen MR) is 79.7 cm³/mol. The van der Waals surface area contributed by atoms with Gasteiger partial charge in [-0.25, -0.2) is 4.98 Å². The number of aromatic amines is 1. The smallest absolute Gasteiger partial charge is 0.325 e. The molecule has 0 saturated heterocycles. The van der Waals surface area contributed by atoms with E-state index in [1.807, 2.05) is 6.92 Å². The third-order valence-electron chi connectivity index (χ3n) is 3.10. The van der Waals surface area contributed by atoms with Crippen molar-refractivity contribution in [3.63, 3.8) is 0 Å². The topological polar surface area (TPSA) is 79.9 Å². The Hall–Kier alpha value is -1.08. The van der Waals surface area contributed by atoms with Crippen molar-refractivity contribution < 1.29 is 9.53 Å². The molecule has 1 atom stereocenters. The van der Waals surface area contributed by atoms with Gasteiger partial charge in [0.1, 0.15) is 11.9 Å². The minimum Gasteiger partial charge on any atom is -0.468 e. The normalized spacial score (nSPS) is 13.9. The van der Waals surface area contributed by atoms with Crippen LogP contribution in [0.5, 0.6) is 0 Å². The molecule has 1 heterocycles. The van der Waals surface area contributed by atoms with Crippen molar-refractivity contribution in [2.75, 3.05) is 19.4 Å². The summed E-state index contributed by atoms with van der Waals surface area (Å²) in [5, 5.41) is 10.7. The Morgan fingerprint density at radius 2 is 2.35 bits per heavy atom. The number of esters is 1. The number of aromatic nitrogens is 3. The number of hydrogen-bond donors (Lipinski definition) is 2. The monoisotopic (exact) mass is 300 g/mol. The van der Waals surface area contributed by atoms with E-state index in [0.29, 0.717) is 0 Å². The van der Waals surface area contributed by atoms with Crippen molar-refractivity contribution in [1.82, 2.24) is 20.5 Å². The lowest BCUT2D eigenvalue weighted by Gasteiger charge is -2.28. The highest BCUT2D eigenvalue weighted by molar-refractivity contribution is 7.99. The molecular formula is C13H24N4O2S. The zero-order valence-electron chi connectivity index (χ0n) is 12.4. The Labute approximate surface area is 124 Å². The van der Waals surface area contributed by atoms with E-state index < -0.39 is 5.54 Å². The first-order valence-corrected chi connectivity index (χ1v) is 7.92. The molecule has 2 N–H and O–H groups in total. The summed E-state index contributed by atoms with van der Waals surface area (Å²) in [7, 11) is 1.44. The molecule has 6 nitrogen and oxygen atoms in total. The van der Waals surface area contributed by atoms with E-state index in [2.05, 4.69) is 27.4 Å². The molecule has 0 aromatic carbocycles. The van der Waals surface area contributed by atoms with E-state index in [-0.39, 0.29) is 5.97 Å². The van der Waals surface area contributed by atoms with Crippen molar-refractivity contribution >= 4 is 17.7 Å². The molecule has 1 aromatic heterocycles. The number of H-pyrrole nitrogens is 1. The number of ether oxygens (including phenoxy) is 1. The van der Waals surface area contributed by atoms with Crippen molar-refractivity contribution in [1.29, 1.82) is 0 Å². The van der Waals surface area contributed by atoms with Gasteiger partial charge in [0.15, 0.2) is 5.16 Å². The van der Waals surface area contributed by atoms with Crippen LogP contribution in [-0.4, -0.2) is 46.1 Å². The number of carbonyl (C=O) groups excluding carboxylic acids is 1. The Morgan fingerprint density at radius 1 is 1.55 bits per heavy atom. The summed E-state index contributed by atoms with van der Waals surface area (Å²) in [6.45, 7) is 4.81. The van der Waals surface area contributed by atoms with E-state index in [1.54, 1.807) is 11.8 Å². The second kappa shape index (κ2) is 8.97. The predicted octanol–water partition coefficient (Wildman–Crippen LogP) is 2.00. The number of rotatable bonds is 10. The average Bonchev–Trinajstić information content (AvgIpc) is 2.97. The van der Waals surface area contributed by atoms with E-state index >= 15 is 0 Å². The summed E-state index contributed by atoms with van der Waals surface area (Å²) < 4.78 is 4.90. The van der Waals surface area contributed by atoms with Crippen LogP contribution in [0.25, 0.3) is 0 Å². The summed E-state index contributed by atoms with van der Waals surface area (Å²) in [6, 6.07) is 0. The van der Waals surface area contributed by atoms with Crippen LogP contribution in [0.3, 0.4) is 0 Å². The Morgan fingerprint density at radius 3 is 2.95 bits per heavy atom. The number of nitrogens with one attached hydrogen (secondary N) is 2. The van der Waals surface area contributed by atoms with Crippen molar-refractivity contribution in [3.05, 3.63) is 6.33 Å². The van der Waals surface area contributed by atoms with Gasteiger partial charge in [0.05, 0.1) is 7.11 Å². The van der Waals surface area contributed by atoms with E-state index in [9.17, 15) is 4.79 Å². The van der Waals surface area contributed by atoms with Crippen molar-refractivity contribution in [3.8, 4) is 0 Å². The number of unbranched alkanes of at least 4 members (excludes halogenated alkanes) is 1. The first-order valence-electron chi connectivity index (χ1n) is 6.94. The Balaban J connectivity index is 2.29. The summed E-state index contributed by atoms with van der Waals surface area (Å²) in [4.78, 5) is 15.9. The first-order chi connectivity index (χ1) is 9.62. The Kier molecular flexibility index (Phi) is 7.61. The lowest BCUT2D eigenvalue weighted by molar-refractivity contribution is -0.148. The minimum atomic E-state index is -0.582. The molecule has 0 aliphatic heterocycles. The maximum Gasteiger partial charge on any atom is 0.325 e. The fourth-order valence-electron chi connectivity index (χ4n) is 1.90. The van der Waals surface area contributed by atoms with Crippen LogP contribution in [0.15, 0.2) is 11.5 Å². The summed E-state index contributed by atoms with van der Waals surface area (Å²) >= 11 is 1.64. The highest BCUT2D eigenvalue weighted by Gasteiger charge is 2.32. The molecular weight excluding hydrogens is 276 g/mol. The quantitative estimate of drug-likeness (QED) is 0.391. The minimum absolute atomic E-state index is 0.186. The molecule has 0 aliphatic rings. The van der Waals surface area contributed by atoms with Gasteiger partial charge in [-0.15, -0.1) is 0 Å². The van der Waals surface area contributed by atoms with Gasteiger partial charge in [-0.05, 0) is 32.7 Å². The third kappa shape index (κ3) is 5.50. The molecule has 0 spiro atoms. The van der Waals surface area contributed by atoms with Crippen LogP contribution in [0.2, 0.25) is 0 Å². The number of hydrogen-bond acceptors (Lipinski definition) is 6. The van der Waals surface area contributed by atoms with Crippen LogP contribution in [0, 0.1) is 0 Å². The molecule has 0 saturated carbocycles. The molecule has 1 aromatic rings. The molecule has 1 unspecified atom stereocenters. The van der Waals surface area contributed by atoms with Gasteiger partial charge < -0.3 is 10.1 Å². The van der Waals surface area contributed by atoms with Crippen LogP contribution in [0.1, 0.15) is 39.5 Å². The Bertz CT molecular complexity index is 386. The van der Waals surface area contributed by atoms with Gasteiger partial charge in [-0.2, -0.15) is 5.10 Å². The molecule has 0 bridgehead atoms. The van der Waals surface area contributed by atoms with E-state index in [1.165, 1.54) is 13.4 Å². The molecule has 0 fully saturated rings. The lowest BCUT2D eigenvalue weighted by Crippen LogP contribution is -2.50. The molecule has 1 rings (SSSR count). The maximum atomic E-state index is 11.9. The zero-order chi connectivity index (χ0) is 14.8. The SMILES string of the molecule is CCCNC(C)(CCCCSc1ncn[nH]1)C(=O)OC. The fourth-order valence-corrected chi connectivity index (χ4v) is 2.68. The molecule has 114 valence electrons. The highest BCUT2D eigenvalue weighted by Crippen LogP contribution is 2.19. The van der Waals surface area contributed by atoms with Gasteiger partial charge in [-0.3, -0.25) is 9.89 Å². The lowest BCUT2D eigenvalue weighted by atomic mass is 9.95. The zero-order valence-corrected chi connectivity index (χ0v) is 13.3. The first kappa shape index (κ1) is 17.0. The van der Waals surface area contributed by atoms with Gasteiger partial charge in [0.25, 0.3) is 0 Å². The van der Waals surface area contributed by atoms with E-state index in [0.717, 1.165) is 43.1 Å². The summed E-state index contributed by atoms with van der Waals surface area (Å²) in [6.07, 6.45) is 5.26. The second-order valence-electron chi connectivity index (χ2n) is 4.85. The van der Waals surface area contributed by atoms with Crippen LogP contribution >= 0.6 is 11.8 Å². The van der Waals surface area contributed by atoms with Gasteiger partial charge in [0, 0.05) is 5.75 Å². The molecule has 20 heavy (non-hydrogen) atoms. The average molecular weight is 300 g/mol. The van der Waals surface area contributed by atoms with Gasteiger partial charge in [0.2, 0.25) is 0 Å². The van der Waals surface area contributed by atoms with Crippen molar-refractivity contribution in [2.45, 2.75) is 50.2 Å². The standard InChI is InChI=1S/C13H24N4O2S/c1-4-8-15-13(2,11(18)19-3)7-5-6-9-20-12-14-10-16-17-12/h10,15H,4-9H2,1-3H3,(H,14,16,17). The summed E-state index contributed by atoms with van der Waals surface area (Å²) in [5.74, 6) is 0.772.